The molecule has 0 aliphatic carbocycles. The van der Waals surface area contributed by atoms with Crippen LogP contribution in [0.25, 0.3) is 10.8 Å². The Hall–Kier alpha value is -2.16. The van der Waals surface area contributed by atoms with Crippen LogP contribution < -0.4 is 10.1 Å². The zero-order chi connectivity index (χ0) is 21.9. The minimum Gasteiger partial charge on any atom is -0.491 e. The predicted octanol–water partition coefficient (Wildman–Crippen LogP) is 5.19. The number of anilines is 2. The molecule has 2 aromatic heterocycles. The Balaban J connectivity index is 0.000000575. The Morgan fingerprint density at radius 1 is 1.03 bits per heavy atom. The Morgan fingerprint density at radius 3 is 2.37 bits per heavy atom. The average molecular weight is 479 g/mol. The van der Waals surface area contributed by atoms with Gasteiger partial charge in [0, 0.05) is 36.7 Å². The van der Waals surface area contributed by atoms with E-state index < -0.39 is 0 Å². The molecule has 3 aromatic rings. The highest BCUT2D eigenvalue weighted by Gasteiger charge is 2.11. The zero-order valence-electron chi connectivity index (χ0n) is 18.3. The maximum atomic E-state index is 5.73. The van der Waals surface area contributed by atoms with Gasteiger partial charge in [0.05, 0.1) is 18.9 Å². The van der Waals surface area contributed by atoms with Crippen LogP contribution >= 0.6 is 15.9 Å². The summed E-state index contributed by atoms with van der Waals surface area (Å²) in [5.41, 5.74) is 2.05. The first kappa shape index (κ1) is 24.1. The molecule has 8 heteroatoms. The van der Waals surface area contributed by atoms with Crippen LogP contribution in [0.4, 0.5) is 11.6 Å². The SMILES string of the molecule is COCCBr.COCCOc1ccc2c(C(C)C)nc(Nc3cc(C)[nH]n3)cc2c1. The third kappa shape index (κ3) is 7.27. The topological polar surface area (TPSA) is 81.3 Å². The lowest BCUT2D eigenvalue weighted by molar-refractivity contribution is 0.146. The van der Waals surface area contributed by atoms with Crippen LogP contribution in [0, 0.1) is 6.92 Å². The first-order valence-corrected chi connectivity index (χ1v) is 11.0. The molecule has 0 amide bonds. The van der Waals surface area contributed by atoms with Crippen molar-refractivity contribution < 1.29 is 14.2 Å². The maximum absolute atomic E-state index is 5.73. The third-order valence-corrected chi connectivity index (χ3v) is 4.50. The van der Waals surface area contributed by atoms with Crippen LogP contribution in [-0.4, -0.2) is 54.6 Å². The van der Waals surface area contributed by atoms with E-state index in [4.69, 9.17) is 14.5 Å². The van der Waals surface area contributed by atoms with Crippen LogP contribution in [0.15, 0.2) is 30.3 Å². The van der Waals surface area contributed by atoms with Crippen molar-refractivity contribution in [2.24, 2.45) is 0 Å². The van der Waals surface area contributed by atoms with Gasteiger partial charge in [-0.05, 0) is 42.5 Å². The molecular weight excluding hydrogens is 448 g/mol. The summed E-state index contributed by atoms with van der Waals surface area (Å²) < 4.78 is 15.4. The first-order chi connectivity index (χ1) is 14.5. The van der Waals surface area contributed by atoms with Crippen LogP contribution in [0.5, 0.6) is 5.75 Å². The summed E-state index contributed by atoms with van der Waals surface area (Å²) in [5, 5.41) is 13.6. The highest BCUT2D eigenvalue weighted by atomic mass is 79.9. The first-order valence-electron chi connectivity index (χ1n) is 9.88. The molecule has 0 saturated heterocycles. The van der Waals surface area contributed by atoms with E-state index in [1.807, 2.05) is 31.2 Å². The number of nitrogens with zero attached hydrogens (tertiary/aromatic N) is 2. The third-order valence-electron chi connectivity index (χ3n) is 4.18. The number of benzene rings is 1. The number of aryl methyl sites for hydroxylation is 1. The molecule has 0 spiro atoms. The van der Waals surface area contributed by atoms with Crippen LogP contribution in [0.3, 0.4) is 0 Å². The molecule has 164 valence electrons. The fraction of sp³-hybridized carbons (Fsp3) is 0.455. The van der Waals surface area contributed by atoms with Crippen molar-refractivity contribution in [1.29, 1.82) is 0 Å². The molecular formula is C22H31BrN4O3. The van der Waals surface area contributed by atoms with Crippen molar-refractivity contribution in [1.82, 2.24) is 15.2 Å². The molecule has 30 heavy (non-hydrogen) atoms. The molecule has 0 radical (unpaired) electrons. The highest BCUT2D eigenvalue weighted by molar-refractivity contribution is 9.09. The smallest absolute Gasteiger partial charge is 0.153 e. The Kier molecular flexibility index (Phi) is 10.1. The number of halogens is 1. The van der Waals surface area contributed by atoms with Crippen molar-refractivity contribution in [2.45, 2.75) is 26.7 Å². The van der Waals surface area contributed by atoms with Crippen LogP contribution in [0.1, 0.15) is 31.2 Å². The van der Waals surface area contributed by atoms with E-state index in [9.17, 15) is 0 Å². The number of aromatic nitrogens is 3. The molecule has 3 rings (SSSR count). The number of fused-ring (bicyclic) bond motifs is 1. The number of aromatic amines is 1. The Morgan fingerprint density at radius 2 is 1.80 bits per heavy atom. The average Bonchev–Trinajstić information content (AvgIpc) is 3.13. The van der Waals surface area contributed by atoms with E-state index in [1.54, 1.807) is 14.2 Å². The van der Waals surface area contributed by atoms with E-state index >= 15 is 0 Å². The van der Waals surface area contributed by atoms with Crippen molar-refractivity contribution in [3.63, 3.8) is 0 Å². The van der Waals surface area contributed by atoms with E-state index in [2.05, 4.69) is 56.1 Å². The zero-order valence-corrected chi connectivity index (χ0v) is 19.9. The fourth-order valence-electron chi connectivity index (χ4n) is 2.79. The van der Waals surface area contributed by atoms with Crippen molar-refractivity contribution in [3.05, 3.63) is 41.7 Å². The normalized spacial score (nSPS) is 10.8. The number of H-pyrrole nitrogens is 1. The van der Waals surface area contributed by atoms with Gasteiger partial charge in [-0.1, -0.05) is 29.8 Å². The van der Waals surface area contributed by atoms with Crippen molar-refractivity contribution in [3.8, 4) is 5.75 Å². The molecule has 0 fully saturated rings. The monoisotopic (exact) mass is 478 g/mol. The lowest BCUT2D eigenvalue weighted by Gasteiger charge is -2.14. The van der Waals surface area contributed by atoms with E-state index in [0.717, 1.165) is 51.5 Å². The molecule has 0 atom stereocenters. The molecule has 0 aliphatic rings. The van der Waals surface area contributed by atoms with Gasteiger partial charge in [0.15, 0.2) is 5.82 Å². The number of hydrogen-bond donors (Lipinski definition) is 2. The second kappa shape index (κ2) is 12.5. The van der Waals surface area contributed by atoms with Gasteiger partial charge in [0.25, 0.3) is 0 Å². The largest absolute Gasteiger partial charge is 0.491 e. The lowest BCUT2D eigenvalue weighted by atomic mass is 10.0. The summed E-state index contributed by atoms with van der Waals surface area (Å²) in [4.78, 5) is 4.78. The summed E-state index contributed by atoms with van der Waals surface area (Å²) >= 11 is 3.18. The van der Waals surface area contributed by atoms with Crippen molar-refractivity contribution in [2.75, 3.05) is 44.7 Å². The molecule has 2 heterocycles. The van der Waals surface area contributed by atoms with E-state index in [-0.39, 0.29) is 0 Å². The quantitative estimate of drug-likeness (QED) is 0.325. The minimum atomic E-state index is 0.311. The highest BCUT2D eigenvalue weighted by Crippen LogP contribution is 2.30. The molecule has 0 unspecified atom stereocenters. The summed E-state index contributed by atoms with van der Waals surface area (Å²) in [5.74, 6) is 2.67. The number of hydrogen-bond acceptors (Lipinski definition) is 6. The number of nitrogens with one attached hydrogen (secondary N) is 2. The van der Waals surface area contributed by atoms with Gasteiger partial charge in [0.2, 0.25) is 0 Å². The van der Waals surface area contributed by atoms with Gasteiger partial charge in [0.1, 0.15) is 18.2 Å². The molecule has 7 nitrogen and oxygen atoms in total. The summed E-state index contributed by atoms with van der Waals surface area (Å²) in [6.07, 6.45) is 0. The number of ether oxygens (including phenoxy) is 3. The molecule has 1 aromatic carbocycles. The number of pyridine rings is 1. The van der Waals surface area contributed by atoms with Gasteiger partial charge < -0.3 is 19.5 Å². The molecule has 0 saturated carbocycles. The lowest BCUT2D eigenvalue weighted by Crippen LogP contribution is -2.04. The van der Waals surface area contributed by atoms with E-state index in [1.165, 1.54) is 0 Å². The van der Waals surface area contributed by atoms with Gasteiger partial charge in [-0.2, -0.15) is 5.10 Å². The molecule has 0 bridgehead atoms. The fourth-order valence-corrected chi connectivity index (χ4v) is 3.11. The minimum absolute atomic E-state index is 0.311. The van der Waals surface area contributed by atoms with Crippen molar-refractivity contribution >= 4 is 38.3 Å². The van der Waals surface area contributed by atoms with Gasteiger partial charge >= 0.3 is 0 Å². The standard InChI is InChI=1S/C19H24N4O2.C3H7BrO/c1-12(2)19-16-6-5-15(25-8-7-24-4)10-14(16)11-17(21-19)20-18-9-13(3)22-23-18;1-5-3-2-4/h5-6,9-12H,7-8H2,1-4H3,(H2,20,21,22,23);2-3H2,1H3. The van der Waals surface area contributed by atoms with Crippen LogP contribution in [0.2, 0.25) is 0 Å². The molecule has 0 aliphatic heterocycles. The number of rotatable bonds is 9. The van der Waals surface area contributed by atoms with Gasteiger partial charge in [-0.15, -0.1) is 0 Å². The van der Waals surface area contributed by atoms with Gasteiger partial charge in [-0.25, -0.2) is 4.98 Å². The number of alkyl halides is 1. The second-order valence-electron chi connectivity index (χ2n) is 7.01. The Labute approximate surface area is 186 Å². The summed E-state index contributed by atoms with van der Waals surface area (Å²) in [6.45, 7) is 8.16. The van der Waals surface area contributed by atoms with Crippen LogP contribution in [-0.2, 0) is 9.47 Å². The number of methoxy groups -OCH3 is 2. The summed E-state index contributed by atoms with van der Waals surface area (Å²) in [6, 6.07) is 10.1. The molecule has 2 N–H and O–H groups in total. The predicted molar refractivity (Wildman–Crippen MR) is 125 cm³/mol. The maximum Gasteiger partial charge on any atom is 0.153 e. The van der Waals surface area contributed by atoms with E-state index in [0.29, 0.717) is 19.1 Å². The second-order valence-corrected chi connectivity index (χ2v) is 7.81. The summed E-state index contributed by atoms with van der Waals surface area (Å²) in [7, 11) is 3.35. The van der Waals surface area contributed by atoms with Gasteiger partial charge in [-0.3, -0.25) is 5.10 Å². The Bertz CT molecular complexity index is 913.